The number of rotatable bonds is 6. The quantitative estimate of drug-likeness (QED) is 0.376. The van der Waals surface area contributed by atoms with Crippen molar-refractivity contribution in [3.05, 3.63) is 98.9 Å². The second kappa shape index (κ2) is 10.4. The average molecular weight is 487 g/mol. The minimum absolute atomic E-state index is 0.0995. The molecule has 2 heterocycles. The van der Waals surface area contributed by atoms with E-state index in [0.717, 1.165) is 34.7 Å². The first-order chi connectivity index (χ1) is 16.8. The molecule has 1 N–H and O–H groups in total. The molecule has 3 aromatic rings. The van der Waals surface area contributed by atoms with E-state index in [0.29, 0.717) is 9.95 Å². The summed E-state index contributed by atoms with van der Waals surface area (Å²) in [6, 6.07) is 18.3. The van der Waals surface area contributed by atoms with Crippen LogP contribution in [0.1, 0.15) is 41.9 Å². The van der Waals surface area contributed by atoms with Crippen molar-refractivity contribution in [3.8, 4) is 5.69 Å². The highest BCUT2D eigenvalue weighted by atomic mass is 32.2. The molecule has 0 spiro atoms. The van der Waals surface area contributed by atoms with Crippen LogP contribution in [-0.2, 0) is 16.0 Å². The molecule has 0 atom stereocenters. The van der Waals surface area contributed by atoms with Crippen LogP contribution in [0.15, 0.2) is 75.8 Å². The van der Waals surface area contributed by atoms with Gasteiger partial charge in [0.05, 0.1) is 17.2 Å². The summed E-state index contributed by atoms with van der Waals surface area (Å²) < 4.78 is 7.41. The Morgan fingerprint density at radius 3 is 2.37 bits per heavy atom. The number of aliphatic hydroxyl groups excluding tert-OH is 1. The molecule has 0 saturated heterocycles. The molecular formula is C29H30N2O3S. The standard InChI is InChI=1S/C29H30N2O3S/c1-6-21-10-12-23(13-11-21)30-28-26(29(33)34-7-2)27(32)25(35-28)17-22-16-19(4)31(20(22)5)24-14-8-18(3)9-15-24/h8-17,32H,6-7H2,1-5H3/b25-17-,30-28?. The predicted molar refractivity (Wildman–Crippen MR) is 145 cm³/mol. The summed E-state index contributed by atoms with van der Waals surface area (Å²) in [6.07, 6.45) is 2.85. The fourth-order valence-electron chi connectivity index (χ4n) is 4.08. The first-order valence-corrected chi connectivity index (χ1v) is 12.6. The van der Waals surface area contributed by atoms with Crippen LogP contribution in [0, 0.1) is 20.8 Å². The molecule has 2 aromatic carbocycles. The summed E-state index contributed by atoms with van der Waals surface area (Å²) in [5.41, 5.74) is 7.42. The van der Waals surface area contributed by atoms with Crippen molar-refractivity contribution in [2.24, 2.45) is 4.99 Å². The zero-order chi connectivity index (χ0) is 25.1. The third-order valence-corrected chi connectivity index (χ3v) is 7.01. The van der Waals surface area contributed by atoms with Crippen molar-refractivity contribution in [1.82, 2.24) is 4.57 Å². The number of thioether (sulfide) groups is 1. The number of nitrogens with zero attached hydrogens (tertiary/aromatic N) is 2. The number of benzene rings is 2. The van der Waals surface area contributed by atoms with Gasteiger partial charge in [0.15, 0.2) is 0 Å². The molecule has 0 aliphatic carbocycles. The maximum atomic E-state index is 12.7. The van der Waals surface area contributed by atoms with Crippen LogP contribution in [0.3, 0.4) is 0 Å². The normalized spacial score (nSPS) is 15.9. The summed E-state index contributed by atoms with van der Waals surface area (Å²) in [5.74, 6) is -0.674. The topological polar surface area (TPSA) is 63.8 Å². The largest absolute Gasteiger partial charge is 0.506 e. The van der Waals surface area contributed by atoms with E-state index < -0.39 is 5.97 Å². The minimum Gasteiger partial charge on any atom is -0.506 e. The molecule has 180 valence electrons. The lowest BCUT2D eigenvalue weighted by Gasteiger charge is -2.10. The van der Waals surface area contributed by atoms with E-state index in [4.69, 9.17) is 4.74 Å². The lowest BCUT2D eigenvalue weighted by Crippen LogP contribution is -2.12. The summed E-state index contributed by atoms with van der Waals surface area (Å²) in [7, 11) is 0. The van der Waals surface area contributed by atoms with Gasteiger partial charge in [0.1, 0.15) is 16.4 Å². The van der Waals surface area contributed by atoms with Gasteiger partial charge >= 0.3 is 5.97 Å². The monoisotopic (exact) mass is 486 g/mol. The average Bonchev–Trinajstić information content (AvgIpc) is 3.29. The van der Waals surface area contributed by atoms with Crippen molar-refractivity contribution in [2.75, 3.05) is 6.61 Å². The molecule has 0 amide bonds. The molecule has 1 aliphatic rings. The van der Waals surface area contributed by atoms with Crippen molar-refractivity contribution >= 4 is 34.5 Å². The van der Waals surface area contributed by atoms with Crippen molar-refractivity contribution in [3.63, 3.8) is 0 Å². The Kier molecular flexibility index (Phi) is 7.31. The predicted octanol–water partition coefficient (Wildman–Crippen LogP) is 7.16. The molecule has 5 nitrogen and oxygen atoms in total. The Morgan fingerprint density at radius 2 is 1.74 bits per heavy atom. The number of hydrogen-bond donors (Lipinski definition) is 1. The second-order valence-electron chi connectivity index (χ2n) is 8.49. The van der Waals surface area contributed by atoms with E-state index >= 15 is 0 Å². The third kappa shape index (κ3) is 5.13. The van der Waals surface area contributed by atoms with Crippen LogP contribution in [0.2, 0.25) is 0 Å². The Morgan fingerprint density at radius 1 is 1.06 bits per heavy atom. The second-order valence-corrected chi connectivity index (χ2v) is 9.52. The summed E-state index contributed by atoms with van der Waals surface area (Å²) in [6.45, 7) is 10.2. The van der Waals surface area contributed by atoms with Crippen LogP contribution in [-0.4, -0.2) is 27.3 Å². The van der Waals surface area contributed by atoms with Gasteiger partial charge in [0.25, 0.3) is 0 Å². The first-order valence-electron chi connectivity index (χ1n) is 11.8. The van der Waals surface area contributed by atoms with Crippen molar-refractivity contribution in [1.29, 1.82) is 0 Å². The lowest BCUT2D eigenvalue weighted by molar-refractivity contribution is -0.138. The van der Waals surface area contributed by atoms with E-state index in [2.05, 4.69) is 67.6 Å². The first kappa shape index (κ1) is 24.6. The van der Waals surface area contributed by atoms with Gasteiger partial charge in [-0.15, -0.1) is 0 Å². The molecule has 1 aromatic heterocycles. The fraction of sp³-hybridized carbons (Fsp3) is 0.241. The van der Waals surface area contributed by atoms with Crippen LogP contribution < -0.4 is 0 Å². The number of carbonyl (C=O) groups excluding carboxylic acids is 1. The minimum atomic E-state index is -0.574. The van der Waals surface area contributed by atoms with Gasteiger partial charge in [-0.05, 0) is 81.7 Å². The number of aromatic nitrogens is 1. The molecule has 0 bridgehead atoms. The maximum absolute atomic E-state index is 12.7. The van der Waals surface area contributed by atoms with Crippen LogP contribution in [0.4, 0.5) is 5.69 Å². The van der Waals surface area contributed by atoms with Crippen LogP contribution in [0.5, 0.6) is 0 Å². The van der Waals surface area contributed by atoms with Gasteiger partial charge < -0.3 is 14.4 Å². The highest BCUT2D eigenvalue weighted by Crippen LogP contribution is 2.41. The molecule has 35 heavy (non-hydrogen) atoms. The van der Waals surface area contributed by atoms with Gasteiger partial charge in [0, 0.05) is 17.1 Å². The van der Waals surface area contributed by atoms with Gasteiger partial charge in [-0.1, -0.05) is 48.5 Å². The Balaban J connectivity index is 1.75. The number of aryl methyl sites for hydroxylation is 3. The number of carbonyl (C=O) groups is 1. The summed E-state index contributed by atoms with van der Waals surface area (Å²) in [4.78, 5) is 18.0. The Labute approximate surface area is 210 Å². The smallest absolute Gasteiger partial charge is 0.344 e. The van der Waals surface area contributed by atoms with Crippen molar-refractivity contribution < 1.29 is 14.6 Å². The van der Waals surface area contributed by atoms with Crippen LogP contribution in [0.25, 0.3) is 11.8 Å². The van der Waals surface area contributed by atoms with E-state index in [9.17, 15) is 9.90 Å². The van der Waals surface area contributed by atoms with Gasteiger partial charge in [-0.3, -0.25) is 0 Å². The zero-order valence-corrected chi connectivity index (χ0v) is 21.6. The highest BCUT2D eigenvalue weighted by molar-refractivity contribution is 8.18. The summed E-state index contributed by atoms with van der Waals surface area (Å²) in [5, 5.41) is 11.5. The molecule has 1 aliphatic heterocycles. The zero-order valence-electron chi connectivity index (χ0n) is 20.8. The molecule has 6 heteroatoms. The third-order valence-electron chi connectivity index (χ3n) is 5.99. The number of ether oxygens (including phenoxy) is 1. The van der Waals surface area contributed by atoms with E-state index in [1.165, 1.54) is 22.9 Å². The number of aliphatic imine (C=N–C) groups is 1. The van der Waals surface area contributed by atoms with E-state index in [1.54, 1.807) is 6.92 Å². The molecule has 0 fully saturated rings. The van der Waals surface area contributed by atoms with Crippen LogP contribution >= 0.6 is 11.8 Å². The number of aliphatic hydroxyl groups is 1. The highest BCUT2D eigenvalue weighted by Gasteiger charge is 2.33. The fourth-order valence-corrected chi connectivity index (χ4v) is 5.11. The molecule has 0 radical (unpaired) electrons. The molecular weight excluding hydrogens is 456 g/mol. The van der Waals surface area contributed by atoms with E-state index in [1.807, 2.05) is 30.3 Å². The molecule has 0 saturated carbocycles. The van der Waals surface area contributed by atoms with Gasteiger partial charge in [0.2, 0.25) is 0 Å². The maximum Gasteiger partial charge on any atom is 0.344 e. The SMILES string of the molecule is CCOC(=O)C1=C(O)/C(=C/c2cc(C)n(-c3ccc(C)cc3)c2C)SC1=Nc1ccc(CC)cc1. The van der Waals surface area contributed by atoms with Gasteiger partial charge in [-0.2, -0.15) is 0 Å². The van der Waals surface area contributed by atoms with Crippen molar-refractivity contribution in [2.45, 2.75) is 41.0 Å². The van der Waals surface area contributed by atoms with Gasteiger partial charge in [-0.25, -0.2) is 9.79 Å². The molecule has 0 unspecified atom stereocenters. The molecule has 4 rings (SSSR count). The Bertz CT molecular complexity index is 1340. The lowest BCUT2D eigenvalue weighted by atomic mass is 10.1. The van der Waals surface area contributed by atoms with E-state index in [-0.39, 0.29) is 17.9 Å². The number of esters is 1. The Hall–Kier alpha value is -3.51. The summed E-state index contributed by atoms with van der Waals surface area (Å²) >= 11 is 1.28. The number of hydrogen-bond acceptors (Lipinski definition) is 5.